The van der Waals surface area contributed by atoms with E-state index in [4.69, 9.17) is 9.47 Å². The maximum absolute atomic E-state index is 13.9. The molecule has 4 aromatic rings. The lowest BCUT2D eigenvalue weighted by Crippen LogP contribution is -2.40. The molecule has 1 aliphatic rings. The zero-order chi connectivity index (χ0) is 27.7. The number of halogens is 3. The highest BCUT2D eigenvalue weighted by Gasteiger charge is 2.34. The highest BCUT2D eigenvalue weighted by atomic mass is 32.1. The molecule has 0 bridgehead atoms. The van der Waals surface area contributed by atoms with E-state index in [0.29, 0.717) is 33.4 Å². The minimum Gasteiger partial charge on any atom is -0.483 e. The van der Waals surface area contributed by atoms with Crippen LogP contribution in [-0.4, -0.2) is 30.4 Å². The van der Waals surface area contributed by atoms with Gasteiger partial charge in [-0.2, -0.15) is 13.2 Å². The fraction of sp³-hybridized carbons (Fsp3) is 0.207. The zero-order valence-corrected chi connectivity index (χ0v) is 21.8. The largest absolute Gasteiger partial charge is 0.483 e. The molecule has 3 aromatic carbocycles. The molecular weight excluding hydrogens is 529 g/mol. The van der Waals surface area contributed by atoms with E-state index in [-0.39, 0.29) is 15.9 Å². The molecule has 5 rings (SSSR count). The number of aromatic nitrogens is 1. The van der Waals surface area contributed by atoms with Crippen LogP contribution in [0.25, 0.3) is 16.8 Å². The molecule has 1 aromatic heterocycles. The molecule has 10 heteroatoms. The van der Waals surface area contributed by atoms with E-state index in [2.05, 4.69) is 4.99 Å². The van der Waals surface area contributed by atoms with Crippen molar-refractivity contribution in [1.29, 1.82) is 0 Å². The normalized spacial score (nSPS) is 15.7. The summed E-state index contributed by atoms with van der Waals surface area (Å²) in [6.45, 7) is 0.391. The maximum atomic E-state index is 13.9. The van der Waals surface area contributed by atoms with Gasteiger partial charge in [0.25, 0.3) is 5.56 Å². The molecule has 0 aliphatic carbocycles. The molecule has 39 heavy (non-hydrogen) atoms. The summed E-state index contributed by atoms with van der Waals surface area (Å²) >= 11 is 1.10. The molecule has 0 spiro atoms. The monoisotopic (exact) mass is 552 g/mol. The number of nitrogens with zero attached hydrogens (tertiary/aromatic N) is 2. The lowest BCUT2D eigenvalue weighted by molar-refractivity contribution is -0.153. The Morgan fingerprint density at radius 3 is 2.49 bits per heavy atom. The van der Waals surface area contributed by atoms with E-state index in [1.807, 2.05) is 49.4 Å². The van der Waals surface area contributed by atoms with Crippen LogP contribution in [0, 0.1) is 0 Å². The predicted octanol–water partition coefficient (Wildman–Crippen LogP) is 4.89. The van der Waals surface area contributed by atoms with E-state index in [1.165, 1.54) is 23.8 Å². The summed E-state index contributed by atoms with van der Waals surface area (Å²) in [5.74, 6) is -0.586. The van der Waals surface area contributed by atoms with E-state index in [0.717, 1.165) is 16.7 Å². The second-order valence-corrected chi connectivity index (χ2v) is 9.81. The standard InChI is InChI=1S/C29H23F3N2O4S/c1-3-21-24(27(36)37-2)25(18-10-5-4-6-11-18)34-26(35)23(39-28(34)33-21)15-20-19-12-8-7-9-17(19)13-14-22(20)38-16-29(30,31)32/h4-15,25H,3,16H2,1-2H3/b23-15-/t25-/m0/s1. The molecule has 0 radical (unpaired) electrons. The number of ether oxygens (including phenoxy) is 2. The number of fused-ring (bicyclic) bond motifs is 2. The zero-order valence-electron chi connectivity index (χ0n) is 21.0. The van der Waals surface area contributed by atoms with Crippen molar-refractivity contribution in [3.63, 3.8) is 0 Å². The number of carbonyl (C=O) groups excluding carboxylic acids is 1. The smallest absolute Gasteiger partial charge is 0.422 e. The third-order valence-corrected chi connectivity index (χ3v) is 7.35. The maximum Gasteiger partial charge on any atom is 0.422 e. The molecule has 0 saturated carbocycles. The average molecular weight is 553 g/mol. The molecular formula is C29H23F3N2O4S. The molecule has 0 fully saturated rings. The van der Waals surface area contributed by atoms with Gasteiger partial charge in [0.05, 0.1) is 29.0 Å². The summed E-state index contributed by atoms with van der Waals surface area (Å²) in [5.41, 5.74) is 1.39. The number of hydrogen-bond donors (Lipinski definition) is 0. The van der Waals surface area contributed by atoms with Crippen LogP contribution in [0.3, 0.4) is 0 Å². The number of benzene rings is 3. The predicted molar refractivity (Wildman–Crippen MR) is 142 cm³/mol. The Hall–Kier alpha value is -4.18. The SMILES string of the molecule is CCC1=C(C(=O)OC)[C@H](c2ccccc2)n2c(s/c(=C\c3c(OCC(F)(F)F)ccc4ccccc34)c2=O)=N1. The van der Waals surface area contributed by atoms with Crippen LogP contribution in [0.15, 0.2) is 87.8 Å². The van der Waals surface area contributed by atoms with Crippen molar-refractivity contribution in [2.45, 2.75) is 25.6 Å². The first-order chi connectivity index (χ1) is 18.7. The van der Waals surface area contributed by atoms with Crippen molar-refractivity contribution in [1.82, 2.24) is 4.57 Å². The highest BCUT2D eigenvalue weighted by molar-refractivity contribution is 7.07. The van der Waals surface area contributed by atoms with E-state index in [1.54, 1.807) is 18.2 Å². The fourth-order valence-electron chi connectivity index (χ4n) is 4.66. The van der Waals surface area contributed by atoms with Crippen LogP contribution >= 0.6 is 11.3 Å². The summed E-state index contributed by atoms with van der Waals surface area (Å²) in [7, 11) is 1.28. The number of thiazole rings is 1. The topological polar surface area (TPSA) is 69.9 Å². The second-order valence-electron chi connectivity index (χ2n) is 8.80. The van der Waals surface area contributed by atoms with Gasteiger partial charge >= 0.3 is 12.1 Å². The third-order valence-electron chi connectivity index (χ3n) is 6.36. The van der Waals surface area contributed by atoms with E-state index < -0.39 is 30.4 Å². The van der Waals surface area contributed by atoms with Gasteiger partial charge in [-0.15, -0.1) is 0 Å². The number of hydrogen-bond acceptors (Lipinski definition) is 6. The molecule has 0 amide bonds. The summed E-state index contributed by atoms with van der Waals surface area (Å²) in [6.07, 6.45) is -2.57. The quantitative estimate of drug-likeness (QED) is 0.320. The van der Waals surface area contributed by atoms with Crippen molar-refractivity contribution in [3.8, 4) is 5.75 Å². The van der Waals surface area contributed by atoms with Gasteiger partial charge in [0, 0.05) is 5.56 Å². The highest BCUT2D eigenvalue weighted by Crippen LogP contribution is 2.33. The fourth-order valence-corrected chi connectivity index (χ4v) is 5.66. The number of carbonyl (C=O) groups is 1. The molecule has 6 nitrogen and oxygen atoms in total. The summed E-state index contributed by atoms with van der Waals surface area (Å²) in [5, 5.41) is 1.41. The summed E-state index contributed by atoms with van der Waals surface area (Å²) < 4.78 is 50.9. The Balaban J connectivity index is 1.77. The van der Waals surface area contributed by atoms with E-state index in [9.17, 15) is 22.8 Å². The van der Waals surface area contributed by atoms with Crippen LogP contribution in [0.4, 0.5) is 13.2 Å². The van der Waals surface area contributed by atoms with Crippen LogP contribution in [0.2, 0.25) is 0 Å². The van der Waals surface area contributed by atoms with Crippen LogP contribution in [0.1, 0.15) is 30.5 Å². The van der Waals surface area contributed by atoms with Crippen molar-refractivity contribution in [2.75, 3.05) is 13.7 Å². The Kier molecular flexibility index (Phi) is 7.14. The minimum absolute atomic E-state index is 0.000895. The van der Waals surface area contributed by atoms with Gasteiger partial charge in [-0.3, -0.25) is 9.36 Å². The lowest BCUT2D eigenvalue weighted by Gasteiger charge is -2.25. The van der Waals surface area contributed by atoms with E-state index >= 15 is 0 Å². The van der Waals surface area contributed by atoms with Gasteiger partial charge in [0.1, 0.15) is 5.75 Å². The van der Waals surface area contributed by atoms with Gasteiger partial charge < -0.3 is 9.47 Å². The van der Waals surface area contributed by atoms with Crippen LogP contribution in [0.5, 0.6) is 5.75 Å². The van der Waals surface area contributed by atoms with Gasteiger partial charge in [-0.05, 0) is 34.9 Å². The molecule has 1 atom stereocenters. The van der Waals surface area contributed by atoms with Gasteiger partial charge in [-0.25, -0.2) is 9.79 Å². The summed E-state index contributed by atoms with van der Waals surface area (Å²) in [6, 6.07) is 18.6. The van der Waals surface area contributed by atoms with Crippen molar-refractivity contribution < 1.29 is 27.4 Å². The van der Waals surface area contributed by atoms with Crippen molar-refractivity contribution >= 4 is 34.2 Å². The van der Waals surface area contributed by atoms with Crippen LogP contribution in [-0.2, 0) is 9.53 Å². The number of rotatable bonds is 6. The number of alkyl halides is 3. The molecule has 1 aliphatic heterocycles. The number of esters is 1. The van der Waals surface area contributed by atoms with Crippen LogP contribution < -0.4 is 19.6 Å². The molecule has 0 N–H and O–H groups in total. The van der Waals surface area contributed by atoms with Gasteiger partial charge in [0.15, 0.2) is 11.4 Å². The van der Waals surface area contributed by atoms with Gasteiger partial charge in [-0.1, -0.05) is 78.9 Å². The van der Waals surface area contributed by atoms with Crippen molar-refractivity contribution in [2.24, 2.45) is 4.99 Å². The molecule has 0 saturated heterocycles. The first kappa shape index (κ1) is 26.4. The van der Waals surface area contributed by atoms with Crippen molar-refractivity contribution in [3.05, 3.63) is 109 Å². The average Bonchev–Trinajstić information content (AvgIpc) is 3.25. The Morgan fingerprint density at radius 1 is 1.08 bits per heavy atom. The molecule has 0 unspecified atom stereocenters. The molecule has 200 valence electrons. The first-order valence-corrected chi connectivity index (χ1v) is 12.9. The molecule has 2 heterocycles. The first-order valence-electron chi connectivity index (χ1n) is 12.1. The Morgan fingerprint density at radius 2 is 1.79 bits per heavy atom. The van der Waals surface area contributed by atoms with Gasteiger partial charge in [0.2, 0.25) is 0 Å². The third kappa shape index (κ3) is 5.12. The number of allylic oxidation sites excluding steroid dienone is 1. The lowest BCUT2D eigenvalue weighted by atomic mass is 9.95. The minimum atomic E-state index is -4.53. The second kappa shape index (κ2) is 10.5. The Bertz CT molecular complexity index is 1770. The number of methoxy groups -OCH3 is 1. The Labute approximate surface area is 225 Å². The summed E-state index contributed by atoms with van der Waals surface area (Å²) in [4.78, 5) is 31.8.